The maximum atomic E-state index is 12.8. The number of aryl methyl sites for hydroxylation is 1. The van der Waals surface area contributed by atoms with Crippen LogP contribution in [0.25, 0.3) is 11.0 Å². The fourth-order valence-electron chi connectivity index (χ4n) is 3.42. The third kappa shape index (κ3) is 2.56. The van der Waals surface area contributed by atoms with E-state index in [4.69, 9.17) is 13.7 Å². The lowest BCUT2D eigenvalue weighted by Gasteiger charge is -2.20. The Kier molecular flexibility index (Phi) is 3.79. The zero-order chi connectivity index (χ0) is 18.4. The maximum Gasteiger partial charge on any atom is 0.343 e. The van der Waals surface area contributed by atoms with Crippen LogP contribution in [0.3, 0.4) is 0 Å². The lowest BCUT2D eigenvalue weighted by atomic mass is 9.85. The molecule has 2 atom stereocenters. The summed E-state index contributed by atoms with van der Waals surface area (Å²) in [7, 11) is 0. The highest BCUT2D eigenvalue weighted by Crippen LogP contribution is 2.44. The zero-order valence-electron chi connectivity index (χ0n) is 14.6. The van der Waals surface area contributed by atoms with Crippen LogP contribution in [0.15, 0.2) is 44.1 Å². The summed E-state index contributed by atoms with van der Waals surface area (Å²) in [5.74, 6) is 0.520. The Morgan fingerprint density at radius 1 is 1.27 bits per heavy atom. The van der Waals surface area contributed by atoms with Gasteiger partial charge in [-0.15, -0.1) is 0 Å². The van der Waals surface area contributed by atoms with Gasteiger partial charge in [0.2, 0.25) is 0 Å². The van der Waals surface area contributed by atoms with Gasteiger partial charge in [0, 0.05) is 12.0 Å². The van der Waals surface area contributed by atoms with Crippen molar-refractivity contribution in [1.82, 2.24) is 5.16 Å². The minimum absolute atomic E-state index is 0.00453. The second kappa shape index (κ2) is 6.01. The van der Waals surface area contributed by atoms with Gasteiger partial charge in [0.05, 0.1) is 10.9 Å². The Bertz CT molecular complexity index is 1050. The molecule has 7 heteroatoms. The van der Waals surface area contributed by atoms with Crippen molar-refractivity contribution in [3.63, 3.8) is 0 Å². The fraction of sp³-hybridized carbons (Fsp3) is 0.316. The number of fused-ring (bicyclic) bond motifs is 3. The molecule has 0 saturated heterocycles. The van der Waals surface area contributed by atoms with E-state index < -0.39 is 17.6 Å². The van der Waals surface area contributed by atoms with E-state index in [1.807, 2.05) is 26.0 Å². The predicted molar refractivity (Wildman–Crippen MR) is 94.3 cm³/mol. The first-order valence-electron chi connectivity index (χ1n) is 8.42. The first kappa shape index (κ1) is 16.4. The number of ether oxygens (including phenoxy) is 1. The van der Waals surface area contributed by atoms with Gasteiger partial charge in [-0.1, -0.05) is 31.1 Å². The van der Waals surface area contributed by atoms with Crippen molar-refractivity contribution in [1.29, 1.82) is 0 Å². The van der Waals surface area contributed by atoms with Crippen molar-refractivity contribution in [2.45, 2.75) is 32.8 Å². The summed E-state index contributed by atoms with van der Waals surface area (Å²) < 4.78 is 16.4. The number of hydrogen-bond donors (Lipinski definition) is 1. The van der Waals surface area contributed by atoms with E-state index >= 15 is 0 Å². The first-order valence-corrected chi connectivity index (χ1v) is 8.42. The van der Waals surface area contributed by atoms with E-state index in [9.17, 15) is 9.59 Å². The average Bonchev–Trinajstić information content (AvgIpc) is 3.19. The molecule has 2 aromatic heterocycles. The van der Waals surface area contributed by atoms with Crippen molar-refractivity contribution in [2.75, 3.05) is 5.32 Å². The van der Waals surface area contributed by atoms with E-state index in [0.29, 0.717) is 33.9 Å². The largest absolute Gasteiger partial charge is 0.479 e. The summed E-state index contributed by atoms with van der Waals surface area (Å²) in [5.41, 5.74) is 0.382. The van der Waals surface area contributed by atoms with Crippen LogP contribution in [0.4, 0.5) is 5.82 Å². The maximum absolute atomic E-state index is 12.8. The molecular weight excluding hydrogens is 336 g/mol. The van der Waals surface area contributed by atoms with Crippen molar-refractivity contribution in [2.24, 2.45) is 5.92 Å². The summed E-state index contributed by atoms with van der Waals surface area (Å²) in [6, 6.07) is 8.76. The Morgan fingerprint density at radius 3 is 2.73 bits per heavy atom. The standard InChI is InChI=1S/C19H18N2O5/c1-9(2)14-15-16(11-6-4-5-7-12(11)24-19(15)23)25-17(14)18(22)20-13-8-10(3)26-21-13/h4-9,14,17H,1-3H3,(H,20,21,22)/t14-,17-/m1/s1. The second-order valence-corrected chi connectivity index (χ2v) is 6.75. The summed E-state index contributed by atoms with van der Waals surface area (Å²) in [6.45, 7) is 5.62. The normalized spacial score (nSPS) is 18.8. The molecule has 0 aliphatic carbocycles. The molecule has 4 rings (SSSR count). The number of benzene rings is 1. The molecule has 26 heavy (non-hydrogen) atoms. The van der Waals surface area contributed by atoms with Gasteiger partial charge < -0.3 is 19.0 Å². The molecule has 0 radical (unpaired) electrons. The summed E-state index contributed by atoms with van der Waals surface area (Å²) in [4.78, 5) is 25.4. The van der Waals surface area contributed by atoms with Gasteiger partial charge in [-0.3, -0.25) is 4.79 Å². The third-order valence-corrected chi connectivity index (χ3v) is 4.56. The molecule has 0 unspecified atom stereocenters. The van der Waals surface area contributed by atoms with Crippen molar-refractivity contribution >= 4 is 22.7 Å². The van der Waals surface area contributed by atoms with Crippen LogP contribution in [-0.4, -0.2) is 17.2 Å². The SMILES string of the molecule is Cc1cc(NC(=O)[C@@H]2Oc3c(c(=O)oc4ccccc34)[C@H]2C(C)C)no1. The molecule has 0 fully saturated rings. The average molecular weight is 354 g/mol. The van der Waals surface area contributed by atoms with Crippen LogP contribution in [0.1, 0.15) is 31.1 Å². The van der Waals surface area contributed by atoms with E-state index in [-0.39, 0.29) is 11.8 Å². The number of carbonyl (C=O) groups is 1. The lowest BCUT2D eigenvalue weighted by Crippen LogP contribution is -2.37. The molecule has 1 N–H and O–H groups in total. The number of rotatable bonds is 3. The molecule has 1 amide bonds. The van der Waals surface area contributed by atoms with Crippen molar-refractivity contribution in [3.8, 4) is 5.75 Å². The van der Waals surface area contributed by atoms with Gasteiger partial charge in [0.25, 0.3) is 5.91 Å². The Morgan fingerprint density at radius 2 is 2.04 bits per heavy atom. The topological polar surface area (TPSA) is 94.6 Å². The summed E-state index contributed by atoms with van der Waals surface area (Å²) in [5, 5.41) is 7.14. The number of hydrogen-bond acceptors (Lipinski definition) is 6. The second-order valence-electron chi connectivity index (χ2n) is 6.75. The molecule has 1 aromatic carbocycles. The molecule has 134 valence electrons. The van der Waals surface area contributed by atoms with Crippen LogP contribution < -0.4 is 15.7 Å². The monoisotopic (exact) mass is 354 g/mol. The number of anilines is 1. The molecule has 1 aliphatic heterocycles. The van der Waals surface area contributed by atoms with Crippen LogP contribution in [0.5, 0.6) is 5.75 Å². The highest BCUT2D eigenvalue weighted by atomic mass is 16.5. The summed E-state index contributed by atoms with van der Waals surface area (Å²) in [6.07, 6.45) is -0.851. The molecule has 3 aromatic rings. The van der Waals surface area contributed by atoms with E-state index in [2.05, 4.69) is 10.5 Å². The molecule has 7 nitrogen and oxygen atoms in total. The first-order chi connectivity index (χ1) is 12.5. The van der Waals surface area contributed by atoms with E-state index in [1.54, 1.807) is 25.1 Å². The number of para-hydroxylation sites is 1. The quantitative estimate of drug-likeness (QED) is 0.726. The van der Waals surface area contributed by atoms with Gasteiger partial charge in [0.1, 0.15) is 17.1 Å². The summed E-state index contributed by atoms with van der Waals surface area (Å²) >= 11 is 0. The van der Waals surface area contributed by atoms with Gasteiger partial charge >= 0.3 is 5.63 Å². The number of nitrogens with one attached hydrogen (secondary N) is 1. The molecule has 0 bridgehead atoms. The minimum atomic E-state index is -0.851. The molecule has 0 spiro atoms. The smallest absolute Gasteiger partial charge is 0.343 e. The Hall–Kier alpha value is -3.09. The van der Waals surface area contributed by atoms with Crippen LogP contribution in [-0.2, 0) is 4.79 Å². The number of carbonyl (C=O) groups excluding carboxylic acids is 1. The minimum Gasteiger partial charge on any atom is -0.479 e. The zero-order valence-corrected chi connectivity index (χ0v) is 14.6. The molecule has 1 aliphatic rings. The van der Waals surface area contributed by atoms with Crippen molar-refractivity contribution in [3.05, 3.63) is 52.1 Å². The molecule has 0 saturated carbocycles. The van der Waals surface area contributed by atoms with Gasteiger partial charge in [-0.05, 0) is 25.0 Å². The van der Waals surface area contributed by atoms with Crippen LogP contribution >= 0.6 is 0 Å². The number of amides is 1. The van der Waals surface area contributed by atoms with Crippen molar-refractivity contribution < 1.29 is 18.5 Å². The van der Waals surface area contributed by atoms with Gasteiger partial charge in [-0.25, -0.2) is 4.79 Å². The third-order valence-electron chi connectivity index (χ3n) is 4.56. The highest BCUT2D eigenvalue weighted by Gasteiger charge is 2.44. The van der Waals surface area contributed by atoms with E-state index in [0.717, 1.165) is 0 Å². The van der Waals surface area contributed by atoms with Crippen LogP contribution in [0, 0.1) is 12.8 Å². The highest BCUT2D eigenvalue weighted by molar-refractivity contribution is 5.96. The Labute approximate surface area is 148 Å². The molecule has 3 heterocycles. The predicted octanol–water partition coefficient (Wildman–Crippen LogP) is 3.23. The lowest BCUT2D eigenvalue weighted by molar-refractivity contribution is -0.123. The fourth-order valence-corrected chi connectivity index (χ4v) is 3.42. The van der Waals surface area contributed by atoms with Crippen LogP contribution in [0.2, 0.25) is 0 Å². The van der Waals surface area contributed by atoms with Gasteiger partial charge in [0.15, 0.2) is 11.9 Å². The number of aromatic nitrogens is 1. The van der Waals surface area contributed by atoms with Gasteiger partial charge in [-0.2, -0.15) is 0 Å². The molecular formula is C19H18N2O5. The number of nitrogens with zero attached hydrogens (tertiary/aromatic N) is 1. The Balaban J connectivity index is 1.77. The van der Waals surface area contributed by atoms with E-state index in [1.165, 1.54) is 0 Å².